The molecule has 0 atom stereocenters. The monoisotopic (exact) mass is 403 g/mol. The van der Waals surface area contributed by atoms with Gasteiger partial charge < -0.3 is 14.3 Å². The number of oxazole rings is 1. The maximum atomic E-state index is 12.7. The van der Waals surface area contributed by atoms with Gasteiger partial charge in [-0.3, -0.25) is 0 Å². The lowest BCUT2D eigenvalue weighted by atomic mass is 10.1. The first-order valence-electron chi connectivity index (χ1n) is 8.91. The van der Waals surface area contributed by atoms with Crippen molar-refractivity contribution in [1.29, 1.82) is 0 Å². The molecule has 1 heterocycles. The van der Waals surface area contributed by atoms with E-state index in [2.05, 4.69) is 4.98 Å². The van der Waals surface area contributed by atoms with Crippen LogP contribution in [0.5, 0.6) is 5.75 Å². The summed E-state index contributed by atoms with van der Waals surface area (Å²) in [4.78, 5) is 4.35. The summed E-state index contributed by atoms with van der Waals surface area (Å²) >= 11 is 0. The van der Waals surface area contributed by atoms with Crippen molar-refractivity contribution >= 4 is 6.08 Å². The molecular formula is C22H20F3NO3. The molecule has 29 heavy (non-hydrogen) atoms. The van der Waals surface area contributed by atoms with Gasteiger partial charge in [0.25, 0.3) is 0 Å². The van der Waals surface area contributed by atoms with Gasteiger partial charge in [-0.1, -0.05) is 18.2 Å². The zero-order valence-electron chi connectivity index (χ0n) is 16.0. The minimum Gasteiger partial charge on any atom is -0.487 e. The van der Waals surface area contributed by atoms with E-state index in [1.165, 1.54) is 12.1 Å². The third kappa shape index (κ3) is 5.26. The summed E-state index contributed by atoms with van der Waals surface area (Å²) in [5.74, 6) is 1.40. The number of ether oxygens (including phenoxy) is 1. The highest BCUT2D eigenvalue weighted by Gasteiger charge is 2.30. The summed E-state index contributed by atoms with van der Waals surface area (Å²) in [6.45, 7) is 3.69. The molecule has 4 nitrogen and oxygen atoms in total. The number of aryl methyl sites for hydroxylation is 1. The Morgan fingerprint density at radius 3 is 2.55 bits per heavy atom. The molecule has 2 aromatic carbocycles. The minimum absolute atomic E-state index is 0.0179. The van der Waals surface area contributed by atoms with E-state index in [1.807, 2.05) is 31.2 Å². The van der Waals surface area contributed by atoms with Crippen molar-refractivity contribution in [3.8, 4) is 17.2 Å². The molecule has 0 aliphatic carbocycles. The van der Waals surface area contributed by atoms with Gasteiger partial charge in [-0.15, -0.1) is 0 Å². The highest BCUT2D eigenvalue weighted by molar-refractivity contribution is 5.55. The standard InChI is InChI=1S/C22H20F3NO3/c1-14(12-27)10-16-4-3-5-19(11-16)28-13-20-15(2)29-21(26-20)17-6-8-18(9-7-17)22(23,24)25/h3-11,27H,12-13H2,1-2H3. The fraction of sp³-hybridized carbons (Fsp3) is 0.227. The lowest BCUT2D eigenvalue weighted by molar-refractivity contribution is -0.137. The molecule has 0 aliphatic heterocycles. The molecule has 0 saturated heterocycles. The lowest BCUT2D eigenvalue weighted by Crippen LogP contribution is -2.04. The molecule has 0 amide bonds. The van der Waals surface area contributed by atoms with Crippen molar-refractivity contribution in [1.82, 2.24) is 4.98 Å². The second-order valence-electron chi connectivity index (χ2n) is 6.61. The normalized spacial score (nSPS) is 12.3. The Bertz CT molecular complexity index is 1000. The number of hydrogen-bond acceptors (Lipinski definition) is 4. The predicted molar refractivity (Wildman–Crippen MR) is 103 cm³/mol. The van der Waals surface area contributed by atoms with Crippen molar-refractivity contribution in [3.63, 3.8) is 0 Å². The number of hydrogen-bond donors (Lipinski definition) is 1. The van der Waals surface area contributed by atoms with Gasteiger partial charge in [-0.25, -0.2) is 4.98 Å². The Kier molecular flexibility index (Phi) is 6.08. The molecular weight excluding hydrogens is 383 g/mol. The van der Waals surface area contributed by atoms with E-state index in [4.69, 9.17) is 14.3 Å². The van der Waals surface area contributed by atoms with Gasteiger partial charge in [0.2, 0.25) is 5.89 Å². The number of aliphatic hydroxyl groups is 1. The van der Waals surface area contributed by atoms with Crippen LogP contribution >= 0.6 is 0 Å². The smallest absolute Gasteiger partial charge is 0.416 e. The van der Waals surface area contributed by atoms with Crippen LogP contribution in [0.25, 0.3) is 17.5 Å². The third-order valence-corrected chi connectivity index (χ3v) is 4.25. The Hall–Kier alpha value is -3.06. The van der Waals surface area contributed by atoms with Gasteiger partial charge >= 0.3 is 6.18 Å². The minimum atomic E-state index is -4.39. The van der Waals surface area contributed by atoms with Gasteiger partial charge in [0.1, 0.15) is 23.8 Å². The molecule has 3 aromatic rings. The molecule has 152 valence electrons. The van der Waals surface area contributed by atoms with Crippen LogP contribution in [-0.4, -0.2) is 16.7 Å². The Balaban J connectivity index is 1.72. The van der Waals surface area contributed by atoms with E-state index in [9.17, 15) is 13.2 Å². The van der Waals surface area contributed by atoms with E-state index in [1.54, 1.807) is 13.0 Å². The zero-order chi connectivity index (χ0) is 21.0. The van der Waals surface area contributed by atoms with Gasteiger partial charge in [0.05, 0.1) is 12.2 Å². The Morgan fingerprint density at radius 2 is 1.90 bits per heavy atom. The number of nitrogens with zero attached hydrogens (tertiary/aromatic N) is 1. The largest absolute Gasteiger partial charge is 0.487 e. The number of benzene rings is 2. The number of alkyl halides is 3. The summed E-state index contributed by atoms with van der Waals surface area (Å²) in [6, 6.07) is 12.0. The first-order chi connectivity index (χ1) is 13.8. The maximum Gasteiger partial charge on any atom is 0.416 e. The third-order valence-electron chi connectivity index (χ3n) is 4.25. The molecule has 0 bridgehead atoms. The van der Waals surface area contributed by atoms with Crippen LogP contribution in [0.4, 0.5) is 13.2 Å². The van der Waals surface area contributed by atoms with E-state index >= 15 is 0 Å². The summed E-state index contributed by atoms with van der Waals surface area (Å²) in [5.41, 5.74) is 2.02. The topological polar surface area (TPSA) is 55.5 Å². The average Bonchev–Trinajstić information content (AvgIpc) is 3.06. The van der Waals surface area contributed by atoms with Crippen LogP contribution < -0.4 is 4.74 Å². The van der Waals surface area contributed by atoms with Crippen LogP contribution in [0, 0.1) is 6.92 Å². The molecule has 0 saturated carbocycles. The van der Waals surface area contributed by atoms with Gasteiger partial charge in [-0.2, -0.15) is 13.2 Å². The molecule has 0 radical (unpaired) electrons. The van der Waals surface area contributed by atoms with Crippen LogP contribution in [0.1, 0.15) is 29.5 Å². The van der Waals surface area contributed by atoms with Crippen LogP contribution in [0.2, 0.25) is 0 Å². The van der Waals surface area contributed by atoms with Crippen LogP contribution in [-0.2, 0) is 12.8 Å². The first kappa shape index (κ1) is 20.7. The van der Waals surface area contributed by atoms with E-state index in [0.29, 0.717) is 22.8 Å². The Morgan fingerprint density at radius 1 is 1.17 bits per heavy atom. The highest BCUT2D eigenvalue weighted by Crippen LogP contribution is 2.31. The molecule has 1 N–H and O–H groups in total. The summed E-state index contributed by atoms with van der Waals surface area (Å²) in [5, 5.41) is 9.13. The van der Waals surface area contributed by atoms with Crippen molar-refractivity contribution in [3.05, 3.63) is 76.7 Å². The lowest BCUT2D eigenvalue weighted by Gasteiger charge is -2.06. The van der Waals surface area contributed by atoms with Gasteiger partial charge in [0, 0.05) is 5.56 Å². The van der Waals surface area contributed by atoms with Gasteiger partial charge in [0.15, 0.2) is 0 Å². The van der Waals surface area contributed by atoms with E-state index in [0.717, 1.165) is 23.3 Å². The number of halogens is 3. The predicted octanol–water partition coefficient (Wildman–Crippen LogP) is 5.64. The first-order valence-corrected chi connectivity index (χ1v) is 8.91. The van der Waals surface area contributed by atoms with Gasteiger partial charge in [-0.05, 0) is 61.4 Å². The molecule has 0 fully saturated rings. The fourth-order valence-electron chi connectivity index (χ4n) is 2.66. The van der Waals surface area contributed by atoms with Crippen molar-refractivity contribution in [2.45, 2.75) is 26.6 Å². The fourth-order valence-corrected chi connectivity index (χ4v) is 2.66. The number of aromatic nitrogens is 1. The summed E-state index contributed by atoms with van der Waals surface area (Å²) in [7, 11) is 0. The van der Waals surface area contributed by atoms with Crippen molar-refractivity contribution < 1.29 is 27.4 Å². The van der Waals surface area contributed by atoms with E-state index in [-0.39, 0.29) is 19.1 Å². The average molecular weight is 403 g/mol. The highest BCUT2D eigenvalue weighted by atomic mass is 19.4. The zero-order valence-corrected chi connectivity index (χ0v) is 16.0. The summed E-state index contributed by atoms with van der Waals surface area (Å²) in [6.07, 6.45) is -2.53. The van der Waals surface area contributed by atoms with Crippen molar-refractivity contribution in [2.24, 2.45) is 0 Å². The molecule has 1 aromatic heterocycles. The maximum absolute atomic E-state index is 12.7. The van der Waals surface area contributed by atoms with Crippen molar-refractivity contribution in [2.75, 3.05) is 6.61 Å². The van der Waals surface area contributed by atoms with E-state index < -0.39 is 11.7 Å². The second-order valence-corrected chi connectivity index (χ2v) is 6.61. The molecule has 0 spiro atoms. The molecule has 0 aliphatic rings. The van der Waals surface area contributed by atoms with Crippen LogP contribution in [0.15, 0.2) is 58.5 Å². The Labute approximate surface area is 166 Å². The molecule has 7 heteroatoms. The summed E-state index contributed by atoms with van der Waals surface area (Å²) < 4.78 is 49.5. The number of rotatable bonds is 6. The van der Waals surface area contributed by atoms with Crippen LogP contribution in [0.3, 0.4) is 0 Å². The SMILES string of the molecule is CC(=Cc1cccc(OCc2nc(-c3ccc(C(F)(F)F)cc3)oc2C)c1)CO. The second kappa shape index (κ2) is 8.53. The molecule has 3 rings (SSSR count). The number of aliphatic hydroxyl groups excluding tert-OH is 1. The molecule has 0 unspecified atom stereocenters. The quantitative estimate of drug-likeness (QED) is 0.578.